The van der Waals surface area contributed by atoms with Crippen LogP contribution in [0.4, 0.5) is 4.79 Å². The third kappa shape index (κ3) is 6.03. The van der Waals surface area contributed by atoms with Crippen molar-refractivity contribution < 1.29 is 23.9 Å². The summed E-state index contributed by atoms with van der Waals surface area (Å²) < 4.78 is 5.44. The minimum Gasteiger partial charge on any atom is -0.448 e. The average Bonchev–Trinajstić information content (AvgIpc) is 3.54. The van der Waals surface area contributed by atoms with Crippen LogP contribution < -0.4 is 21.7 Å². The van der Waals surface area contributed by atoms with Crippen molar-refractivity contribution in [2.45, 2.75) is 44.3 Å². The van der Waals surface area contributed by atoms with Crippen LogP contribution in [0.1, 0.15) is 36.5 Å². The van der Waals surface area contributed by atoms with Gasteiger partial charge >= 0.3 is 6.09 Å². The van der Waals surface area contributed by atoms with Crippen LogP contribution in [0.2, 0.25) is 0 Å². The lowest BCUT2D eigenvalue weighted by molar-refractivity contribution is -0.131. The molecular weight excluding hydrogens is 534 g/mol. The summed E-state index contributed by atoms with van der Waals surface area (Å²) >= 11 is 0. The van der Waals surface area contributed by atoms with Crippen LogP contribution in [-0.2, 0) is 25.5 Å². The van der Waals surface area contributed by atoms with Crippen LogP contribution in [0.25, 0.3) is 22.0 Å². The van der Waals surface area contributed by atoms with E-state index in [1.165, 1.54) is 13.8 Å². The summed E-state index contributed by atoms with van der Waals surface area (Å²) in [7, 11) is 0. The maximum atomic E-state index is 13.2. The van der Waals surface area contributed by atoms with Gasteiger partial charge in [-0.25, -0.2) is 4.79 Å². The van der Waals surface area contributed by atoms with Crippen molar-refractivity contribution in [1.29, 1.82) is 0 Å². The van der Waals surface area contributed by atoms with Gasteiger partial charge in [-0.05, 0) is 47.7 Å². The highest BCUT2D eigenvalue weighted by atomic mass is 16.5. The largest absolute Gasteiger partial charge is 0.448 e. The van der Waals surface area contributed by atoms with Crippen molar-refractivity contribution in [3.8, 4) is 11.1 Å². The van der Waals surface area contributed by atoms with Crippen molar-refractivity contribution in [3.05, 3.63) is 95.7 Å². The molecular formula is C32H33N5O5. The predicted octanol–water partition coefficient (Wildman–Crippen LogP) is 3.11. The number of carbonyl (C=O) groups is 4. The molecule has 4 amide bonds. The number of ether oxygens (including phenoxy) is 1. The summed E-state index contributed by atoms with van der Waals surface area (Å²) in [5.41, 5.74) is 11.7. The maximum Gasteiger partial charge on any atom is 0.413 e. The molecule has 3 aromatic carbocycles. The number of aromatic amines is 1. The monoisotopic (exact) mass is 567 g/mol. The zero-order chi connectivity index (χ0) is 29.8. The molecule has 4 aromatic rings. The number of para-hydroxylation sites is 1. The van der Waals surface area contributed by atoms with Crippen molar-refractivity contribution in [3.63, 3.8) is 0 Å². The Balaban J connectivity index is 1.19. The number of nitrogens with two attached hydrogens (primary N) is 1. The molecule has 0 saturated heterocycles. The molecule has 1 aromatic heterocycles. The third-order valence-corrected chi connectivity index (χ3v) is 7.47. The Kier molecular flexibility index (Phi) is 8.35. The van der Waals surface area contributed by atoms with Gasteiger partial charge in [-0.2, -0.15) is 0 Å². The van der Waals surface area contributed by atoms with Crippen LogP contribution in [0, 0.1) is 0 Å². The molecule has 0 saturated carbocycles. The van der Waals surface area contributed by atoms with E-state index in [0.29, 0.717) is 0 Å². The molecule has 10 nitrogen and oxygen atoms in total. The zero-order valence-corrected chi connectivity index (χ0v) is 23.3. The number of carbonyl (C=O) groups excluding carboxylic acids is 4. The first-order valence-corrected chi connectivity index (χ1v) is 13.8. The second kappa shape index (κ2) is 12.3. The number of alkyl carbamates (subject to hydrolysis) is 1. The first kappa shape index (κ1) is 28.6. The van der Waals surface area contributed by atoms with Gasteiger partial charge in [0.2, 0.25) is 11.8 Å². The van der Waals surface area contributed by atoms with Crippen LogP contribution in [-0.4, -0.2) is 53.5 Å². The first-order chi connectivity index (χ1) is 20.2. The summed E-state index contributed by atoms with van der Waals surface area (Å²) in [6, 6.07) is 20.5. The van der Waals surface area contributed by atoms with Gasteiger partial charge in [-0.1, -0.05) is 66.7 Å². The van der Waals surface area contributed by atoms with Gasteiger partial charge < -0.3 is 26.1 Å². The third-order valence-electron chi connectivity index (χ3n) is 7.47. The summed E-state index contributed by atoms with van der Waals surface area (Å²) in [5.74, 6) is -2.01. The lowest BCUT2D eigenvalue weighted by Crippen LogP contribution is -2.55. The first-order valence-electron chi connectivity index (χ1n) is 13.8. The molecule has 3 atom stereocenters. The SMILES string of the molecule is CC(N)C(=O)NC(Cc1c[nH]c2ccccc12)C(=O)NC(C)C(=O)NC(=O)OCC1c2ccccc2-c2ccccc21. The summed E-state index contributed by atoms with van der Waals surface area (Å²) in [4.78, 5) is 54.1. The minimum absolute atomic E-state index is 0.0455. The van der Waals surface area contributed by atoms with Gasteiger partial charge in [0.25, 0.3) is 5.91 Å². The quantitative estimate of drug-likeness (QED) is 0.209. The van der Waals surface area contributed by atoms with E-state index in [1.54, 1.807) is 6.20 Å². The molecule has 1 heterocycles. The standard InChI is InChI=1S/C32H33N5O5/c1-18(33)29(38)36-28(15-20-16-34-27-14-8-7-9-21(20)27)31(40)35-19(2)30(39)37-32(41)42-17-26-24-12-5-3-10-22(24)23-11-4-6-13-25(23)26/h3-14,16,18-19,26,28,34H,15,17,33H2,1-2H3,(H,35,40)(H,36,38)(H,37,39,41). The van der Waals surface area contributed by atoms with Crippen molar-refractivity contribution in [2.24, 2.45) is 5.73 Å². The van der Waals surface area contributed by atoms with Gasteiger partial charge in [0, 0.05) is 29.4 Å². The summed E-state index contributed by atoms with van der Waals surface area (Å²) in [6.45, 7) is 3.00. The number of H-pyrrole nitrogens is 1. The van der Waals surface area contributed by atoms with Gasteiger partial charge in [0.1, 0.15) is 18.7 Å². The minimum atomic E-state index is -1.09. The molecule has 0 bridgehead atoms. The van der Waals surface area contributed by atoms with Crippen molar-refractivity contribution in [2.75, 3.05) is 6.61 Å². The lowest BCUT2D eigenvalue weighted by atomic mass is 9.98. The number of hydrogen-bond acceptors (Lipinski definition) is 6. The Morgan fingerprint density at radius 3 is 2.12 bits per heavy atom. The molecule has 0 radical (unpaired) electrons. The fraction of sp³-hybridized carbons (Fsp3) is 0.250. The van der Waals surface area contributed by atoms with E-state index in [1.807, 2.05) is 72.8 Å². The fourth-order valence-electron chi connectivity index (χ4n) is 5.26. The molecule has 0 spiro atoms. The highest BCUT2D eigenvalue weighted by Gasteiger charge is 2.30. The Labute approximate surface area is 243 Å². The molecule has 6 N–H and O–H groups in total. The van der Waals surface area contributed by atoms with Gasteiger partial charge in [-0.15, -0.1) is 0 Å². The molecule has 0 fully saturated rings. The van der Waals surface area contributed by atoms with E-state index in [2.05, 4.69) is 20.9 Å². The lowest BCUT2D eigenvalue weighted by Gasteiger charge is -2.22. The van der Waals surface area contributed by atoms with Crippen LogP contribution in [0.15, 0.2) is 79.0 Å². The number of imide groups is 1. The Morgan fingerprint density at radius 2 is 1.45 bits per heavy atom. The highest BCUT2D eigenvalue weighted by molar-refractivity contribution is 5.98. The number of aromatic nitrogens is 1. The molecule has 10 heteroatoms. The van der Waals surface area contributed by atoms with E-state index in [0.717, 1.165) is 38.7 Å². The predicted molar refractivity (Wildman–Crippen MR) is 158 cm³/mol. The molecule has 5 rings (SSSR count). The molecule has 0 aliphatic heterocycles. The number of amides is 4. The second-order valence-electron chi connectivity index (χ2n) is 10.5. The zero-order valence-electron chi connectivity index (χ0n) is 23.3. The van der Waals surface area contributed by atoms with Gasteiger partial charge in [0.15, 0.2) is 0 Å². The normalized spacial score (nSPS) is 14.3. The fourth-order valence-corrected chi connectivity index (χ4v) is 5.26. The Bertz CT molecular complexity index is 1600. The molecule has 1 aliphatic carbocycles. The highest BCUT2D eigenvalue weighted by Crippen LogP contribution is 2.44. The number of hydrogen-bond donors (Lipinski definition) is 5. The van der Waals surface area contributed by atoms with E-state index >= 15 is 0 Å². The summed E-state index contributed by atoms with van der Waals surface area (Å²) in [5, 5.41) is 8.35. The number of nitrogens with one attached hydrogen (secondary N) is 4. The van der Waals surface area contributed by atoms with Crippen LogP contribution in [0.5, 0.6) is 0 Å². The Hall–Kier alpha value is -4.96. The average molecular weight is 568 g/mol. The number of benzene rings is 3. The van der Waals surface area contributed by atoms with Crippen molar-refractivity contribution in [1.82, 2.24) is 20.9 Å². The Morgan fingerprint density at radius 1 is 0.833 bits per heavy atom. The second-order valence-corrected chi connectivity index (χ2v) is 10.5. The molecule has 3 unspecified atom stereocenters. The van der Waals surface area contributed by atoms with Gasteiger partial charge in [-0.3, -0.25) is 19.7 Å². The topological polar surface area (TPSA) is 155 Å². The molecule has 42 heavy (non-hydrogen) atoms. The van der Waals surface area contributed by atoms with E-state index < -0.39 is 41.9 Å². The summed E-state index contributed by atoms with van der Waals surface area (Å²) in [6.07, 6.45) is 1.02. The van der Waals surface area contributed by atoms with Crippen LogP contribution >= 0.6 is 0 Å². The van der Waals surface area contributed by atoms with E-state index in [-0.39, 0.29) is 18.9 Å². The van der Waals surface area contributed by atoms with Crippen molar-refractivity contribution >= 4 is 34.7 Å². The van der Waals surface area contributed by atoms with Crippen LogP contribution in [0.3, 0.4) is 0 Å². The van der Waals surface area contributed by atoms with E-state index in [4.69, 9.17) is 10.5 Å². The number of fused-ring (bicyclic) bond motifs is 4. The maximum absolute atomic E-state index is 13.2. The van der Waals surface area contributed by atoms with Gasteiger partial charge in [0.05, 0.1) is 6.04 Å². The molecule has 1 aliphatic rings. The molecule has 216 valence electrons. The van der Waals surface area contributed by atoms with E-state index in [9.17, 15) is 19.2 Å². The smallest absolute Gasteiger partial charge is 0.413 e. The number of rotatable bonds is 9.